The van der Waals surface area contributed by atoms with E-state index in [0.29, 0.717) is 25.6 Å². The Balaban J connectivity index is 1.76. The van der Waals surface area contributed by atoms with E-state index in [1.165, 1.54) is 0 Å². The molecule has 0 radical (unpaired) electrons. The molecule has 2 aromatic heterocycles. The Morgan fingerprint density at radius 1 is 1.19 bits per heavy atom. The Kier molecular flexibility index (Phi) is 4.80. The first-order valence-electron chi connectivity index (χ1n) is 9.02. The monoisotopic (exact) mass is 382 g/mol. The highest BCUT2D eigenvalue weighted by Crippen LogP contribution is 2.27. The Morgan fingerprint density at radius 2 is 2.00 bits per heavy atom. The van der Waals surface area contributed by atoms with E-state index in [1.54, 1.807) is 16.0 Å². The maximum Gasteiger partial charge on any atom is 0.294 e. The zero-order valence-corrected chi connectivity index (χ0v) is 16.3. The van der Waals surface area contributed by atoms with Crippen molar-refractivity contribution in [3.05, 3.63) is 53.7 Å². The van der Waals surface area contributed by atoms with E-state index in [1.807, 2.05) is 66.6 Å². The number of rotatable bonds is 3. The number of carbonyl (C=O) groups excluding carboxylic acids is 1. The van der Waals surface area contributed by atoms with E-state index >= 15 is 0 Å². The minimum atomic E-state index is -0.394. The fourth-order valence-corrected chi connectivity index (χ4v) is 3.94. The number of hydrogen-bond acceptors (Lipinski definition) is 5. The first kappa shape index (κ1) is 17.9. The first-order chi connectivity index (χ1) is 13.1. The van der Waals surface area contributed by atoms with Gasteiger partial charge in [0.05, 0.1) is 22.7 Å². The van der Waals surface area contributed by atoms with Crippen LogP contribution in [0.25, 0.3) is 16.4 Å². The van der Waals surface area contributed by atoms with Gasteiger partial charge in [-0.2, -0.15) is 0 Å². The summed E-state index contributed by atoms with van der Waals surface area (Å²) in [5, 5.41) is 6.58. The Hall–Kier alpha value is -2.51. The molecule has 27 heavy (non-hydrogen) atoms. The smallest absolute Gasteiger partial charge is 0.294 e. The van der Waals surface area contributed by atoms with Gasteiger partial charge in [-0.25, -0.2) is 9.67 Å². The summed E-state index contributed by atoms with van der Waals surface area (Å²) in [6.07, 6.45) is 0.812. The number of nitrogens with zero attached hydrogens (tertiary/aromatic N) is 4. The number of thiophene rings is 1. The van der Waals surface area contributed by atoms with Gasteiger partial charge in [-0.15, -0.1) is 16.4 Å². The van der Waals surface area contributed by atoms with Crippen molar-refractivity contribution in [2.45, 2.75) is 25.8 Å². The van der Waals surface area contributed by atoms with Crippen molar-refractivity contribution >= 4 is 17.2 Å². The average Bonchev–Trinajstić information content (AvgIpc) is 3.30. The molecule has 7 heteroatoms. The molecule has 6 nitrogen and oxygen atoms in total. The minimum Gasteiger partial charge on any atom is -0.379 e. The second-order valence-corrected chi connectivity index (χ2v) is 8.11. The molecule has 3 aromatic rings. The quantitative estimate of drug-likeness (QED) is 0.694. The SMILES string of the molecule is CC1(C)COCCCN1C(=O)c1nc(-c2cccs2)n(-c2ccccc2)n1. The molecule has 0 unspecified atom stereocenters. The summed E-state index contributed by atoms with van der Waals surface area (Å²) in [4.78, 5) is 20.7. The van der Waals surface area contributed by atoms with Crippen molar-refractivity contribution in [2.24, 2.45) is 0 Å². The van der Waals surface area contributed by atoms with Gasteiger partial charge in [0.15, 0.2) is 5.82 Å². The van der Waals surface area contributed by atoms with Gasteiger partial charge in [0.25, 0.3) is 5.91 Å². The van der Waals surface area contributed by atoms with Crippen LogP contribution in [-0.2, 0) is 4.74 Å². The summed E-state index contributed by atoms with van der Waals surface area (Å²) in [7, 11) is 0. The molecule has 3 heterocycles. The fraction of sp³-hybridized carbons (Fsp3) is 0.350. The lowest BCUT2D eigenvalue weighted by atomic mass is 10.0. The number of aromatic nitrogens is 3. The Labute approximate surface area is 162 Å². The fourth-order valence-electron chi connectivity index (χ4n) is 3.24. The lowest BCUT2D eigenvalue weighted by Gasteiger charge is -2.35. The number of benzene rings is 1. The highest BCUT2D eigenvalue weighted by Gasteiger charge is 2.35. The molecule has 0 saturated carbocycles. The van der Waals surface area contributed by atoms with E-state index in [9.17, 15) is 4.79 Å². The third-order valence-corrected chi connectivity index (χ3v) is 5.51. The molecule has 140 valence electrons. The van der Waals surface area contributed by atoms with E-state index in [0.717, 1.165) is 17.0 Å². The highest BCUT2D eigenvalue weighted by atomic mass is 32.1. The number of para-hydroxylation sites is 1. The van der Waals surface area contributed by atoms with Crippen LogP contribution in [0.3, 0.4) is 0 Å². The molecule has 0 atom stereocenters. The molecule has 1 aliphatic rings. The average molecular weight is 382 g/mol. The summed E-state index contributed by atoms with van der Waals surface area (Å²) < 4.78 is 7.40. The van der Waals surface area contributed by atoms with Crippen molar-refractivity contribution in [3.8, 4) is 16.4 Å². The summed E-state index contributed by atoms with van der Waals surface area (Å²) >= 11 is 1.58. The first-order valence-corrected chi connectivity index (χ1v) is 9.90. The molecule has 1 aromatic carbocycles. The summed E-state index contributed by atoms with van der Waals surface area (Å²) in [5.41, 5.74) is 0.487. The van der Waals surface area contributed by atoms with Crippen LogP contribution in [0.2, 0.25) is 0 Å². The van der Waals surface area contributed by atoms with Crippen molar-refractivity contribution in [2.75, 3.05) is 19.8 Å². The summed E-state index contributed by atoms with van der Waals surface area (Å²) in [5.74, 6) is 0.749. The lowest BCUT2D eigenvalue weighted by molar-refractivity contribution is 0.0356. The van der Waals surface area contributed by atoms with Crippen molar-refractivity contribution < 1.29 is 9.53 Å². The molecule has 1 amide bonds. The van der Waals surface area contributed by atoms with Gasteiger partial charge in [-0.3, -0.25) is 4.79 Å². The van der Waals surface area contributed by atoms with Crippen LogP contribution in [0.5, 0.6) is 0 Å². The van der Waals surface area contributed by atoms with Crippen LogP contribution in [0.15, 0.2) is 47.8 Å². The zero-order valence-electron chi connectivity index (χ0n) is 15.5. The van der Waals surface area contributed by atoms with Crippen molar-refractivity contribution in [3.63, 3.8) is 0 Å². The van der Waals surface area contributed by atoms with Gasteiger partial charge in [0.1, 0.15) is 0 Å². The Bertz CT molecular complexity index is 919. The molecule has 1 aliphatic heterocycles. The maximum absolute atomic E-state index is 13.3. The number of carbonyl (C=O) groups is 1. The van der Waals surface area contributed by atoms with E-state index < -0.39 is 5.54 Å². The standard InChI is InChI=1S/C20H22N4O2S/c1-20(2)14-26-12-7-11-23(20)19(25)17-21-18(16-10-6-13-27-16)24(22-17)15-8-4-3-5-9-15/h3-6,8-10,13H,7,11-12,14H2,1-2H3. The van der Waals surface area contributed by atoms with Crippen LogP contribution in [0.4, 0.5) is 0 Å². The van der Waals surface area contributed by atoms with Gasteiger partial charge in [-0.05, 0) is 43.8 Å². The lowest BCUT2D eigenvalue weighted by Crippen LogP contribution is -2.50. The molecule has 1 fully saturated rings. The van der Waals surface area contributed by atoms with Gasteiger partial charge in [0, 0.05) is 13.2 Å². The molecule has 4 rings (SSSR count). The van der Waals surface area contributed by atoms with Gasteiger partial charge in [0.2, 0.25) is 5.82 Å². The van der Waals surface area contributed by atoms with E-state index in [4.69, 9.17) is 4.74 Å². The third kappa shape index (κ3) is 3.52. The molecular weight excluding hydrogens is 360 g/mol. The predicted molar refractivity (Wildman–Crippen MR) is 105 cm³/mol. The maximum atomic E-state index is 13.3. The van der Waals surface area contributed by atoms with Crippen LogP contribution < -0.4 is 0 Å². The topological polar surface area (TPSA) is 60.2 Å². The Morgan fingerprint density at radius 3 is 2.74 bits per heavy atom. The van der Waals surface area contributed by atoms with Crippen LogP contribution in [0.1, 0.15) is 30.9 Å². The van der Waals surface area contributed by atoms with Gasteiger partial charge < -0.3 is 9.64 Å². The van der Waals surface area contributed by atoms with E-state index in [2.05, 4.69) is 10.1 Å². The number of amides is 1. The second-order valence-electron chi connectivity index (χ2n) is 7.16. The highest BCUT2D eigenvalue weighted by molar-refractivity contribution is 7.13. The van der Waals surface area contributed by atoms with Gasteiger partial charge in [-0.1, -0.05) is 24.3 Å². The van der Waals surface area contributed by atoms with Crippen molar-refractivity contribution in [1.82, 2.24) is 19.7 Å². The molecule has 0 N–H and O–H groups in total. The predicted octanol–water partition coefficient (Wildman–Crippen LogP) is 3.64. The van der Waals surface area contributed by atoms with Crippen LogP contribution in [0, 0.1) is 0 Å². The second kappa shape index (κ2) is 7.25. The number of ether oxygens (including phenoxy) is 1. The zero-order chi connectivity index (χ0) is 18.9. The third-order valence-electron chi connectivity index (χ3n) is 4.64. The normalized spacial score (nSPS) is 16.9. The molecule has 0 spiro atoms. The van der Waals surface area contributed by atoms with Gasteiger partial charge >= 0.3 is 0 Å². The molecule has 0 aliphatic carbocycles. The number of hydrogen-bond donors (Lipinski definition) is 0. The largest absolute Gasteiger partial charge is 0.379 e. The van der Waals surface area contributed by atoms with Crippen LogP contribution >= 0.6 is 11.3 Å². The van der Waals surface area contributed by atoms with Crippen LogP contribution in [-0.4, -0.2) is 50.9 Å². The molecule has 0 bridgehead atoms. The van der Waals surface area contributed by atoms with E-state index in [-0.39, 0.29) is 11.7 Å². The minimum absolute atomic E-state index is 0.155. The molecular formula is C20H22N4O2S. The summed E-state index contributed by atoms with van der Waals surface area (Å²) in [6, 6.07) is 13.7. The van der Waals surface area contributed by atoms with Crippen molar-refractivity contribution in [1.29, 1.82) is 0 Å². The summed E-state index contributed by atoms with van der Waals surface area (Å²) in [6.45, 7) is 5.85. The molecule has 1 saturated heterocycles.